The van der Waals surface area contributed by atoms with Crippen molar-refractivity contribution in [1.29, 1.82) is 5.26 Å². The molecule has 0 saturated heterocycles. The SMILES string of the molecule is N#Cc1c(N)nc(N)nc1NC(CC(F)(F)F)c1nc2cccc(Cl)c2c(=O)n1-c1cc(F)cc(F)c1. The lowest BCUT2D eigenvalue weighted by atomic mass is 10.1. The fraction of sp³-hybridized carbons (Fsp3) is 0.136. The van der Waals surface area contributed by atoms with E-state index < -0.39 is 70.5 Å². The smallest absolute Gasteiger partial charge is 0.382 e. The molecule has 0 fully saturated rings. The average molecular weight is 537 g/mol. The van der Waals surface area contributed by atoms with Crippen LogP contribution in [0.1, 0.15) is 23.9 Å². The maximum absolute atomic E-state index is 14.1. The van der Waals surface area contributed by atoms with E-state index in [1.54, 1.807) is 6.07 Å². The molecule has 0 spiro atoms. The van der Waals surface area contributed by atoms with Gasteiger partial charge in [-0.3, -0.25) is 9.36 Å². The number of nitrogens with zero attached hydrogens (tertiary/aromatic N) is 5. The van der Waals surface area contributed by atoms with Gasteiger partial charge in [-0.25, -0.2) is 13.8 Å². The lowest BCUT2D eigenvalue weighted by molar-refractivity contribution is -0.137. The summed E-state index contributed by atoms with van der Waals surface area (Å²) in [5, 5.41) is 11.6. The Morgan fingerprint density at radius 1 is 1.11 bits per heavy atom. The van der Waals surface area contributed by atoms with Gasteiger partial charge in [-0.1, -0.05) is 17.7 Å². The number of hydrogen-bond acceptors (Lipinski definition) is 8. The highest BCUT2D eigenvalue weighted by atomic mass is 35.5. The highest BCUT2D eigenvalue weighted by molar-refractivity contribution is 6.35. The highest BCUT2D eigenvalue weighted by Gasteiger charge is 2.36. The van der Waals surface area contributed by atoms with Crippen LogP contribution in [0.4, 0.5) is 39.5 Å². The van der Waals surface area contributed by atoms with Crippen LogP contribution in [0, 0.1) is 23.0 Å². The van der Waals surface area contributed by atoms with Crippen molar-refractivity contribution in [3.63, 3.8) is 0 Å². The number of benzene rings is 2. The highest BCUT2D eigenvalue weighted by Crippen LogP contribution is 2.34. The zero-order valence-corrected chi connectivity index (χ0v) is 19.1. The Kier molecular flexibility index (Phi) is 6.57. The third kappa shape index (κ3) is 5.21. The van der Waals surface area contributed by atoms with Crippen LogP contribution in [-0.4, -0.2) is 25.7 Å². The maximum atomic E-state index is 14.1. The second-order valence-electron chi connectivity index (χ2n) is 7.69. The Hall–Kier alpha value is -4.51. The van der Waals surface area contributed by atoms with E-state index in [1.165, 1.54) is 18.2 Å². The second-order valence-corrected chi connectivity index (χ2v) is 8.10. The molecular formula is C22H14ClF5N8O. The van der Waals surface area contributed by atoms with Gasteiger partial charge in [0.2, 0.25) is 5.95 Å². The number of aromatic nitrogens is 4. The van der Waals surface area contributed by atoms with E-state index in [9.17, 15) is 32.0 Å². The number of alkyl halides is 3. The first kappa shape index (κ1) is 25.6. The van der Waals surface area contributed by atoms with Crippen molar-refractivity contribution in [2.24, 2.45) is 0 Å². The van der Waals surface area contributed by atoms with Crippen LogP contribution in [0.5, 0.6) is 0 Å². The van der Waals surface area contributed by atoms with Crippen LogP contribution in [0.3, 0.4) is 0 Å². The fourth-order valence-corrected chi connectivity index (χ4v) is 3.92. The van der Waals surface area contributed by atoms with Crippen molar-refractivity contribution in [2.75, 3.05) is 16.8 Å². The Labute approximate surface area is 209 Å². The van der Waals surface area contributed by atoms with Crippen LogP contribution in [0.15, 0.2) is 41.2 Å². The molecule has 2 aromatic heterocycles. The summed E-state index contributed by atoms with van der Waals surface area (Å²) in [6.07, 6.45) is -6.51. The van der Waals surface area contributed by atoms with Crippen molar-refractivity contribution >= 4 is 40.1 Å². The molecule has 4 aromatic rings. The van der Waals surface area contributed by atoms with Gasteiger partial charge in [0.15, 0.2) is 5.82 Å². The number of rotatable bonds is 5. The van der Waals surface area contributed by atoms with E-state index >= 15 is 0 Å². The summed E-state index contributed by atoms with van der Waals surface area (Å²) in [7, 11) is 0. The molecule has 0 saturated carbocycles. The number of nitrogens with two attached hydrogens (primary N) is 2. The molecule has 4 rings (SSSR count). The van der Waals surface area contributed by atoms with Crippen molar-refractivity contribution in [1.82, 2.24) is 19.5 Å². The second kappa shape index (κ2) is 9.51. The quantitative estimate of drug-likeness (QED) is 0.321. The normalized spacial score (nSPS) is 12.4. The van der Waals surface area contributed by atoms with Gasteiger partial charge in [-0.05, 0) is 24.3 Å². The molecular weight excluding hydrogens is 523 g/mol. The minimum absolute atomic E-state index is 0.0863. The molecule has 37 heavy (non-hydrogen) atoms. The summed E-state index contributed by atoms with van der Waals surface area (Å²) in [6, 6.07) is 5.83. The predicted octanol–water partition coefficient (Wildman–Crippen LogP) is 4.25. The number of nitriles is 1. The third-order valence-corrected chi connectivity index (χ3v) is 5.42. The Morgan fingerprint density at radius 3 is 2.41 bits per heavy atom. The van der Waals surface area contributed by atoms with Gasteiger partial charge in [0.05, 0.1) is 34.1 Å². The van der Waals surface area contributed by atoms with E-state index in [-0.39, 0.29) is 15.9 Å². The van der Waals surface area contributed by atoms with E-state index in [0.29, 0.717) is 10.6 Å². The number of fused-ring (bicyclic) bond motifs is 1. The van der Waals surface area contributed by atoms with Gasteiger partial charge in [-0.15, -0.1) is 0 Å². The van der Waals surface area contributed by atoms with Gasteiger partial charge in [0.1, 0.15) is 34.9 Å². The van der Waals surface area contributed by atoms with Crippen molar-refractivity contribution < 1.29 is 22.0 Å². The molecule has 15 heteroatoms. The molecule has 0 radical (unpaired) electrons. The Balaban J connectivity index is 2.06. The molecule has 2 heterocycles. The zero-order chi connectivity index (χ0) is 27.1. The van der Waals surface area contributed by atoms with Crippen molar-refractivity contribution in [2.45, 2.75) is 18.6 Å². The summed E-state index contributed by atoms with van der Waals surface area (Å²) >= 11 is 6.15. The van der Waals surface area contributed by atoms with Crippen LogP contribution < -0.4 is 22.3 Å². The average Bonchev–Trinajstić information content (AvgIpc) is 2.76. The van der Waals surface area contributed by atoms with Gasteiger partial charge in [-0.2, -0.15) is 28.4 Å². The van der Waals surface area contributed by atoms with Gasteiger partial charge in [0, 0.05) is 6.07 Å². The summed E-state index contributed by atoms with van der Waals surface area (Å²) < 4.78 is 70.0. The van der Waals surface area contributed by atoms with Crippen molar-refractivity contribution in [3.8, 4) is 11.8 Å². The summed E-state index contributed by atoms with van der Waals surface area (Å²) in [5.41, 5.74) is 9.25. The predicted molar refractivity (Wildman–Crippen MR) is 125 cm³/mol. The van der Waals surface area contributed by atoms with Gasteiger partial charge in [0.25, 0.3) is 5.56 Å². The third-order valence-electron chi connectivity index (χ3n) is 5.10. The van der Waals surface area contributed by atoms with Crippen LogP contribution >= 0.6 is 11.6 Å². The molecule has 0 aliphatic rings. The first-order valence-electron chi connectivity index (χ1n) is 10.2. The molecule has 1 atom stereocenters. The van der Waals surface area contributed by atoms with Crippen LogP contribution in [0.2, 0.25) is 5.02 Å². The molecule has 0 bridgehead atoms. The van der Waals surface area contributed by atoms with Gasteiger partial charge < -0.3 is 16.8 Å². The molecule has 5 N–H and O–H groups in total. The van der Waals surface area contributed by atoms with E-state index in [4.69, 9.17) is 23.1 Å². The molecule has 9 nitrogen and oxygen atoms in total. The Morgan fingerprint density at radius 2 is 1.78 bits per heavy atom. The number of halogens is 6. The molecule has 0 aliphatic carbocycles. The number of anilines is 3. The minimum Gasteiger partial charge on any atom is -0.382 e. The first-order valence-corrected chi connectivity index (χ1v) is 10.6. The van der Waals surface area contributed by atoms with Gasteiger partial charge >= 0.3 is 6.18 Å². The topological polar surface area (TPSA) is 149 Å². The number of nitrogens with one attached hydrogen (secondary N) is 1. The van der Waals surface area contributed by atoms with E-state index in [1.807, 2.05) is 0 Å². The van der Waals surface area contributed by atoms with Crippen LogP contribution in [0.25, 0.3) is 16.6 Å². The van der Waals surface area contributed by atoms with E-state index in [2.05, 4.69) is 20.3 Å². The van der Waals surface area contributed by atoms with Crippen LogP contribution in [-0.2, 0) is 0 Å². The summed E-state index contributed by atoms with van der Waals surface area (Å²) in [5.74, 6) is -4.15. The summed E-state index contributed by atoms with van der Waals surface area (Å²) in [6.45, 7) is 0. The molecule has 0 aliphatic heterocycles. The van der Waals surface area contributed by atoms with E-state index in [0.717, 1.165) is 12.1 Å². The standard InChI is InChI=1S/C22H14ClF5N8O/c23-13-2-1-3-14-16(13)20(37)36(11-5-9(24)4-10(25)6-11)19(33-14)15(7-22(26,27)28)32-18-12(8-29)17(30)34-21(31)35-18/h1-6,15H,7H2,(H5,30,31,32,34,35). The molecule has 0 amide bonds. The monoisotopic (exact) mass is 536 g/mol. The Bertz CT molecular complexity index is 1610. The lowest BCUT2D eigenvalue weighted by Gasteiger charge is -2.24. The molecule has 1 unspecified atom stereocenters. The first-order chi connectivity index (χ1) is 17.4. The van der Waals surface area contributed by atoms with Crippen molar-refractivity contribution in [3.05, 3.63) is 74.8 Å². The lowest BCUT2D eigenvalue weighted by Crippen LogP contribution is -2.31. The molecule has 190 valence electrons. The molecule has 2 aromatic carbocycles. The maximum Gasteiger partial charge on any atom is 0.391 e. The fourth-order valence-electron chi connectivity index (χ4n) is 3.67. The largest absolute Gasteiger partial charge is 0.391 e. The zero-order valence-electron chi connectivity index (χ0n) is 18.3. The number of hydrogen-bond donors (Lipinski definition) is 3. The number of nitrogen functional groups attached to an aromatic ring is 2. The summed E-state index contributed by atoms with van der Waals surface area (Å²) in [4.78, 5) is 25.1. The minimum atomic E-state index is -4.85.